The van der Waals surface area contributed by atoms with Crippen molar-refractivity contribution in [3.05, 3.63) is 35.4 Å². The molecule has 1 heterocycles. The smallest absolute Gasteiger partial charge is 0.247 e. The van der Waals surface area contributed by atoms with Gasteiger partial charge in [0.15, 0.2) is 0 Å². The van der Waals surface area contributed by atoms with Gasteiger partial charge in [-0.2, -0.15) is 4.31 Å². The molecule has 0 saturated carbocycles. The summed E-state index contributed by atoms with van der Waals surface area (Å²) in [6, 6.07) is 7.88. The Morgan fingerprint density at radius 1 is 1.21 bits per heavy atom. The minimum absolute atomic E-state index is 0.172. The second-order valence-corrected chi connectivity index (χ2v) is 9.45. The second-order valence-electron chi connectivity index (χ2n) is 7.47. The fourth-order valence-corrected chi connectivity index (χ4v) is 3.97. The van der Waals surface area contributed by atoms with E-state index < -0.39 is 27.4 Å². The maximum Gasteiger partial charge on any atom is 0.247 e. The summed E-state index contributed by atoms with van der Waals surface area (Å²) in [5, 5.41) is 5.25. The minimum atomic E-state index is -3.63. The van der Waals surface area contributed by atoms with E-state index in [2.05, 4.69) is 10.6 Å². The summed E-state index contributed by atoms with van der Waals surface area (Å²) in [6.07, 6.45) is 1.66. The van der Waals surface area contributed by atoms with E-state index in [9.17, 15) is 22.8 Å². The van der Waals surface area contributed by atoms with Gasteiger partial charge in [0, 0.05) is 20.1 Å². The Kier molecular flexibility index (Phi) is 7.02. The highest BCUT2D eigenvalue weighted by molar-refractivity contribution is 7.88. The van der Waals surface area contributed by atoms with Gasteiger partial charge in [0.25, 0.3) is 0 Å². The van der Waals surface area contributed by atoms with E-state index in [0.717, 1.165) is 21.7 Å². The van der Waals surface area contributed by atoms with Crippen LogP contribution in [0.5, 0.6) is 0 Å². The molecule has 9 nitrogen and oxygen atoms in total. The zero-order chi connectivity index (χ0) is 21.8. The number of sulfonamides is 1. The largest absolute Gasteiger partial charge is 0.354 e. The van der Waals surface area contributed by atoms with Crippen LogP contribution in [0.15, 0.2) is 24.3 Å². The van der Waals surface area contributed by atoms with Crippen molar-refractivity contribution in [1.82, 2.24) is 19.8 Å². The van der Waals surface area contributed by atoms with Crippen molar-refractivity contribution in [3.8, 4) is 0 Å². The van der Waals surface area contributed by atoms with Gasteiger partial charge in [-0.15, -0.1) is 0 Å². The summed E-state index contributed by atoms with van der Waals surface area (Å²) in [5.41, 5.74) is 0.871. The first-order valence-electron chi connectivity index (χ1n) is 9.26. The molecule has 0 radical (unpaired) electrons. The lowest BCUT2D eigenvalue weighted by Gasteiger charge is -2.44. The molecule has 1 unspecified atom stereocenters. The molecule has 0 aliphatic carbocycles. The highest BCUT2D eigenvalue weighted by Crippen LogP contribution is 2.22. The molecule has 160 valence electrons. The first-order valence-corrected chi connectivity index (χ1v) is 11.1. The maximum absolute atomic E-state index is 12.7. The van der Waals surface area contributed by atoms with Crippen LogP contribution in [0.2, 0.25) is 0 Å². The van der Waals surface area contributed by atoms with Gasteiger partial charge in [-0.3, -0.25) is 14.4 Å². The second kappa shape index (κ2) is 8.91. The van der Waals surface area contributed by atoms with Gasteiger partial charge in [0.05, 0.1) is 19.3 Å². The van der Waals surface area contributed by atoms with Crippen LogP contribution in [0, 0.1) is 6.92 Å². The van der Waals surface area contributed by atoms with E-state index in [0.29, 0.717) is 13.0 Å². The normalized spacial score (nSPS) is 20.4. The van der Waals surface area contributed by atoms with Crippen LogP contribution in [0.4, 0.5) is 0 Å². The Labute approximate surface area is 171 Å². The summed E-state index contributed by atoms with van der Waals surface area (Å²) in [6.45, 7) is 3.17. The summed E-state index contributed by atoms with van der Waals surface area (Å²) in [4.78, 5) is 38.1. The molecule has 1 fully saturated rings. The van der Waals surface area contributed by atoms with E-state index in [4.69, 9.17) is 0 Å². The lowest BCUT2D eigenvalue weighted by molar-refractivity contribution is -0.150. The summed E-state index contributed by atoms with van der Waals surface area (Å²) >= 11 is 0. The fourth-order valence-electron chi connectivity index (χ4n) is 3.14. The Morgan fingerprint density at radius 3 is 2.48 bits per heavy atom. The quantitative estimate of drug-likeness (QED) is 0.598. The summed E-state index contributed by atoms with van der Waals surface area (Å²) in [7, 11) is -2.19. The number of likely N-dealkylation sites (N-methyl/N-ethyl adjacent to an activating group) is 1. The van der Waals surface area contributed by atoms with Gasteiger partial charge in [-0.05, 0) is 31.4 Å². The molecule has 0 aromatic heterocycles. The highest BCUT2D eigenvalue weighted by Gasteiger charge is 2.47. The molecule has 1 saturated heterocycles. The first-order chi connectivity index (χ1) is 13.4. The third-order valence-electron chi connectivity index (χ3n) is 5.26. The van der Waals surface area contributed by atoms with Crippen LogP contribution in [0.25, 0.3) is 0 Å². The molecule has 3 amide bonds. The molecular formula is C19H28N4O5S. The molecule has 1 aliphatic rings. The number of amides is 3. The van der Waals surface area contributed by atoms with Crippen LogP contribution in [-0.4, -0.2) is 80.4 Å². The molecule has 1 atom stereocenters. The van der Waals surface area contributed by atoms with Crippen LogP contribution in [0.3, 0.4) is 0 Å². The third-order valence-corrected chi connectivity index (χ3v) is 6.45. The molecule has 29 heavy (non-hydrogen) atoms. The summed E-state index contributed by atoms with van der Waals surface area (Å²) in [5.74, 6) is -1.43. The third kappa shape index (κ3) is 5.54. The van der Waals surface area contributed by atoms with Gasteiger partial charge in [-0.25, -0.2) is 8.42 Å². The number of hydrogen-bond donors (Lipinski definition) is 2. The number of nitrogens with one attached hydrogen (secondary N) is 2. The van der Waals surface area contributed by atoms with Crippen LogP contribution in [-0.2, 0) is 30.8 Å². The van der Waals surface area contributed by atoms with Crippen molar-refractivity contribution in [2.45, 2.75) is 25.8 Å². The van der Waals surface area contributed by atoms with E-state index in [1.165, 1.54) is 18.9 Å². The molecule has 0 bridgehead atoms. The predicted molar refractivity (Wildman–Crippen MR) is 108 cm³/mol. The zero-order valence-electron chi connectivity index (χ0n) is 17.2. The Hall–Kier alpha value is -2.46. The number of hydrogen-bond acceptors (Lipinski definition) is 5. The van der Waals surface area contributed by atoms with Crippen molar-refractivity contribution in [2.75, 3.05) is 39.5 Å². The van der Waals surface area contributed by atoms with Gasteiger partial charge in [-0.1, -0.05) is 24.3 Å². The number of rotatable bonds is 7. The molecule has 2 N–H and O–H groups in total. The van der Waals surface area contributed by atoms with Crippen molar-refractivity contribution >= 4 is 27.7 Å². The average molecular weight is 425 g/mol. The van der Waals surface area contributed by atoms with Crippen molar-refractivity contribution in [3.63, 3.8) is 0 Å². The van der Waals surface area contributed by atoms with Crippen LogP contribution < -0.4 is 10.6 Å². The number of benzene rings is 1. The number of piperazine rings is 1. The standard InChI is InChI=1S/C19H28N4O5S/c1-14-7-5-6-8-15(14)9-10-20-16(24)11-21-18(26)19(2)13-23(29(4,27)28)12-17(25)22(19)3/h5-8H,9-13H2,1-4H3,(H,20,24)(H,21,26). The van der Waals surface area contributed by atoms with Crippen molar-refractivity contribution in [2.24, 2.45) is 0 Å². The molecule has 10 heteroatoms. The van der Waals surface area contributed by atoms with E-state index in [-0.39, 0.29) is 25.5 Å². The van der Waals surface area contributed by atoms with E-state index in [1.807, 2.05) is 31.2 Å². The fraction of sp³-hybridized carbons (Fsp3) is 0.526. The van der Waals surface area contributed by atoms with E-state index in [1.54, 1.807) is 0 Å². The number of aryl methyl sites for hydroxylation is 1. The maximum atomic E-state index is 12.7. The Bertz CT molecular complexity index is 902. The average Bonchev–Trinajstić information content (AvgIpc) is 2.64. The van der Waals surface area contributed by atoms with Crippen molar-refractivity contribution in [1.29, 1.82) is 0 Å². The molecule has 2 rings (SSSR count). The lowest BCUT2D eigenvalue weighted by atomic mass is 9.96. The number of carbonyl (C=O) groups excluding carboxylic acids is 3. The minimum Gasteiger partial charge on any atom is -0.354 e. The highest BCUT2D eigenvalue weighted by atomic mass is 32.2. The Balaban J connectivity index is 1.90. The van der Waals surface area contributed by atoms with Gasteiger partial charge < -0.3 is 15.5 Å². The number of carbonyl (C=O) groups is 3. The molecular weight excluding hydrogens is 396 g/mol. The van der Waals surface area contributed by atoms with Gasteiger partial charge >= 0.3 is 0 Å². The summed E-state index contributed by atoms with van der Waals surface area (Å²) < 4.78 is 24.6. The first kappa shape index (κ1) is 22.8. The Morgan fingerprint density at radius 2 is 1.86 bits per heavy atom. The monoisotopic (exact) mass is 424 g/mol. The molecule has 1 aliphatic heterocycles. The van der Waals surface area contributed by atoms with Crippen molar-refractivity contribution < 1.29 is 22.8 Å². The topological polar surface area (TPSA) is 116 Å². The lowest BCUT2D eigenvalue weighted by Crippen LogP contribution is -2.68. The SMILES string of the molecule is Cc1ccccc1CCNC(=O)CNC(=O)C1(C)CN(S(C)(=O)=O)CC(=O)N1C. The molecule has 1 aromatic carbocycles. The van der Waals surface area contributed by atoms with Crippen LogP contribution in [0.1, 0.15) is 18.1 Å². The molecule has 0 spiro atoms. The van der Waals surface area contributed by atoms with Gasteiger partial charge in [0.2, 0.25) is 27.7 Å². The molecule has 1 aromatic rings. The van der Waals surface area contributed by atoms with E-state index >= 15 is 0 Å². The number of nitrogens with zero attached hydrogens (tertiary/aromatic N) is 2. The van der Waals surface area contributed by atoms with Gasteiger partial charge in [0.1, 0.15) is 5.54 Å². The van der Waals surface area contributed by atoms with Crippen LogP contribution >= 0.6 is 0 Å². The predicted octanol–water partition coefficient (Wildman–Crippen LogP) is -0.738. The zero-order valence-corrected chi connectivity index (χ0v) is 18.0.